The van der Waals surface area contributed by atoms with E-state index >= 15 is 0 Å². The molecule has 0 aromatic heterocycles. The third-order valence-electron chi connectivity index (χ3n) is 7.23. The van der Waals surface area contributed by atoms with Gasteiger partial charge in [0.1, 0.15) is 18.6 Å². The Morgan fingerprint density at radius 2 is 1.62 bits per heavy atom. The van der Waals surface area contributed by atoms with E-state index in [1.165, 1.54) is 24.0 Å². The predicted octanol–water partition coefficient (Wildman–Crippen LogP) is 3.17. The van der Waals surface area contributed by atoms with E-state index < -0.39 is 60.3 Å². The van der Waals surface area contributed by atoms with Crippen LogP contribution in [0, 0.1) is 0 Å². The zero-order valence-electron chi connectivity index (χ0n) is 23.9. The number of rotatable bonds is 8. The number of nitrogens with zero attached hydrogens (tertiary/aromatic N) is 2. The Labute approximate surface area is 267 Å². The number of aromatic hydroxyl groups is 1. The van der Waals surface area contributed by atoms with Crippen molar-refractivity contribution in [1.29, 1.82) is 0 Å². The molecule has 1 fully saturated rings. The second-order valence-electron chi connectivity index (χ2n) is 10.4. The fourth-order valence-corrected chi connectivity index (χ4v) is 5.53. The molecule has 3 aromatic carbocycles. The summed E-state index contributed by atoms with van der Waals surface area (Å²) in [6.45, 7) is 0.702. The molecule has 3 atom stereocenters. The Kier molecular flexibility index (Phi) is 9.57. The Bertz CT molecular complexity index is 1630. The van der Waals surface area contributed by atoms with E-state index in [4.69, 9.17) is 32.7 Å². The molecular formula is C31H28Cl2N4O8. The van der Waals surface area contributed by atoms with E-state index in [1.807, 2.05) is 30.3 Å². The number of carbonyl (C=O) groups is 5. The molecule has 0 unspecified atom stereocenters. The number of halogens is 2. The molecule has 0 radical (unpaired) electrons. The minimum Gasteiger partial charge on any atom is -0.505 e. The van der Waals surface area contributed by atoms with E-state index in [9.17, 15) is 29.1 Å². The molecule has 0 bridgehead atoms. The second kappa shape index (κ2) is 13.6. The number of ether oxygens (including phenoxy) is 2. The Hall–Kier alpha value is -4.65. The van der Waals surface area contributed by atoms with Crippen LogP contribution < -0.4 is 20.4 Å². The third kappa shape index (κ3) is 7.19. The monoisotopic (exact) mass is 654 g/mol. The maximum absolute atomic E-state index is 14.0. The molecule has 0 saturated carbocycles. The summed E-state index contributed by atoms with van der Waals surface area (Å²) in [6, 6.07) is 16.0. The predicted molar refractivity (Wildman–Crippen MR) is 164 cm³/mol. The SMILES string of the molecule is CC(=O)N1C[C@H](NC(=O)c2cc(Cl)c(O)c(Cl)c2)C(=O)N(CC(=O)N[C@H]2CC(=O)O[C@H]2OCc2ccccc2)c2ccccc21. The number of hydrogen-bond donors (Lipinski definition) is 3. The van der Waals surface area contributed by atoms with Crippen molar-refractivity contribution in [3.8, 4) is 5.75 Å². The number of phenolic OH excluding ortho intramolecular Hbond substituents is 1. The van der Waals surface area contributed by atoms with Crippen molar-refractivity contribution < 1.29 is 38.6 Å². The van der Waals surface area contributed by atoms with Crippen LogP contribution in [0.25, 0.3) is 0 Å². The number of nitrogens with one attached hydrogen (secondary N) is 2. The number of anilines is 2. The Morgan fingerprint density at radius 3 is 2.29 bits per heavy atom. The molecule has 2 aliphatic heterocycles. The molecule has 14 heteroatoms. The van der Waals surface area contributed by atoms with Crippen molar-refractivity contribution in [3.63, 3.8) is 0 Å². The number of para-hydroxylation sites is 2. The zero-order valence-corrected chi connectivity index (χ0v) is 25.4. The number of carbonyl (C=O) groups excluding carboxylic acids is 5. The summed E-state index contributed by atoms with van der Waals surface area (Å²) in [7, 11) is 0. The summed E-state index contributed by atoms with van der Waals surface area (Å²) in [5, 5.41) is 14.9. The number of cyclic esters (lactones) is 1. The van der Waals surface area contributed by atoms with Gasteiger partial charge in [0.15, 0.2) is 5.75 Å². The Morgan fingerprint density at radius 1 is 0.978 bits per heavy atom. The van der Waals surface area contributed by atoms with Crippen LogP contribution in [0.3, 0.4) is 0 Å². The van der Waals surface area contributed by atoms with Crippen molar-refractivity contribution in [2.75, 3.05) is 22.9 Å². The third-order valence-corrected chi connectivity index (χ3v) is 7.80. The van der Waals surface area contributed by atoms with Crippen LogP contribution in [0.1, 0.15) is 29.3 Å². The highest BCUT2D eigenvalue weighted by Crippen LogP contribution is 2.34. The van der Waals surface area contributed by atoms with Crippen molar-refractivity contribution >= 4 is 64.2 Å². The van der Waals surface area contributed by atoms with Crippen molar-refractivity contribution in [2.45, 2.75) is 38.3 Å². The van der Waals surface area contributed by atoms with Crippen LogP contribution >= 0.6 is 23.2 Å². The lowest BCUT2D eigenvalue weighted by molar-refractivity contribution is -0.168. The highest BCUT2D eigenvalue weighted by Gasteiger charge is 2.40. The van der Waals surface area contributed by atoms with Gasteiger partial charge in [-0.2, -0.15) is 0 Å². The fourth-order valence-electron chi connectivity index (χ4n) is 5.05. The van der Waals surface area contributed by atoms with Crippen molar-refractivity contribution in [3.05, 3.63) is 87.9 Å². The quantitative estimate of drug-likeness (QED) is 0.313. The minimum absolute atomic E-state index is 0.0384. The summed E-state index contributed by atoms with van der Waals surface area (Å²) < 4.78 is 11.0. The molecule has 0 spiro atoms. The molecule has 12 nitrogen and oxygen atoms in total. The highest BCUT2D eigenvalue weighted by atomic mass is 35.5. The Balaban J connectivity index is 1.37. The molecule has 4 amide bonds. The number of amides is 4. The molecule has 3 aromatic rings. The van der Waals surface area contributed by atoms with Gasteiger partial charge in [0, 0.05) is 12.5 Å². The van der Waals surface area contributed by atoms with Gasteiger partial charge in [-0.1, -0.05) is 65.7 Å². The molecule has 1 saturated heterocycles. The summed E-state index contributed by atoms with van der Waals surface area (Å²) in [6.07, 6.45) is -1.18. The smallest absolute Gasteiger partial charge is 0.310 e. The minimum atomic E-state index is -1.30. The van der Waals surface area contributed by atoms with Gasteiger partial charge in [-0.25, -0.2) is 0 Å². The van der Waals surface area contributed by atoms with Gasteiger partial charge in [-0.3, -0.25) is 28.9 Å². The number of hydrogen-bond acceptors (Lipinski definition) is 8. The summed E-state index contributed by atoms with van der Waals surface area (Å²) in [5.74, 6) is -3.43. The average Bonchev–Trinajstić information content (AvgIpc) is 3.32. The molecule has 0 aliphatic carbocycles. The molecule has 45 heavy (non-hydrogen) atoms. The summed E-state index contributed by atoms with van der Waals surface area (Å²) in [4.78, 5) is 67.9. The van der Waals surface area contributed by atoms with Gasteiger partial charge in [0.2, 0.25) is 18.1 Å². The normalized spacial score (nSPS) is 19.4. The van der Waals surface area contributed by atoms with Gasteiger partial charge in [0.05, 0.1) is 41.0 Å². The van der Waals surface area contributed by atoms with E-state index in [1.54, 1.807) is 24.3 Å². The first-order chi connectivity index (χ1) is 21.5. The van der Waals surface area contributed by atoms with Crippen LogP contribution in [-0.2, 0) is 35.3 Å². The highest BCUT2D eigenvalue weighted by molar-refractivity contribution is 6.37. The van der Waals surface area contributed by atoms with E-state index in [0.29, 0.717) is 5.69 Å². The van der Waals surface area contributed by atoms with Gasteiger partial charge >= 0.3 is 5.97 Å². The van der Waals surface area contributed by atoms with Gasteiger partial charge in [0.25, 0.3) is 11.8 Å². The first-order valence-corrected chi connectivity index (χ1v) is 14.6. The number of fused-ring (bicyclic) bond motifs is 1. The van der Waals surface area contributed by atoms with Crippen molar-refractivity contribution in [1.82, 2.24) is 10.6 Å². The van der Waals surface area contributed by atoms with Gasteiger partial charge in [-0.05, 0) is 29.8 Å². The average molecular weight is 655 g/mol. The van der Waals surface area contributed by atoms with Crippen LogP contribution in [0.5, 0.6) is 5.75 Å². The largest absolute Gasteiger partial charge is 0.505 e. The molecule has 2 aliphatic rings. The van der Waals surface area contributed by atoms with Crippen LogP contribution in [0.2, 0.25) is 10.0 Å². The molecule has 5 rings (SSSR count). The van der Waals surface area contributed by atoms with E-state index in [-0.39, 0.29) is 40.9 Å². The van der Waals surface area contributed by atoms with E-state index in [0.717, 1.165) is 10.5 Å². The molecular weight excluding hydrogens is 627 g/mol. The maximum atomic E-state index is 14.0. The zero-order chi connectivity index (χ0) is 32.2. The first kappa shape index (κ1) is 31.8. The van der Waals surface area contributed by atoms with E-state index in [2.05, 4.69) is 10.6 Å². The van der Waals surface area contributed by atoms with Crippen molar-refractivity contribution in [2.24, 2.45) is 0 Å². The number of phenols is 1. The van der Waals surface area contributed by atoms with Gasteiger partial charge < -0.3 is 30.1 Å². The summed E-state index contributed by atoms with van der Waals surface area (Å²) >= 11 is 12.0. The lowest BCUT2D eigenvalue weighted by Crippen LogP contribution is -2.55. The maximum Gasteiger partial charge on any atom is 0.310 e. The molecule has 2 heterocycles. The van der Waals surface area contributed by atoms with Crippen LogP contribution in [0.4, 0.5) is 11.4 Å². The second-order valence-corrected chi connectivity index (χ2v) is 11.2. The summed E-state index contributed by atoms with van der Waals surface area (Å²) in [5.41, 5.74) is 1.42. The van der Waals surface area contributed by atoms with Crippen LogP contribution in [-0.4, -0.2) is 66.2 Å². The lowest BCUT2D eigenvalue weighted by atomic mass is 10.1. The standard InChI is InChI=1S/C31H28Cl2N4O8/c1-17(38)36-14-23(35-29(42)19-11-20(32)28(41)21(33)12-19)30(43)37(25-10-6-5-9-24(25)36)15-26(39)34-22-13-27(40)45-31(22)44-16-18-7-3-2-4-8-18/h2-12,22-23,31,41H,13-16H2,1H3,(H,34,39)(H,35,42)/t22-,23-,31+/m0/s1. The lowest BCUT2D eigenvalue weighted by Gasteiger charge is -2.26. The first-order valence-electron chi connectivity index (χ1n) is 13.8. The van der Waals surface area contributed by atoms with Gasteiger partial charge in [-0.15, -0.1) is 0 Å². The molecule has 3 N–H and O–H groups in total. The number of esters is 1. The number of benzene rings is 3. The fraction of sp³-hybridized carbons (Fsp3) is 0.258. The topological polar surface area (TPSA) is 155 Å². The molecule has 234 valence electrons. The van der Waals surface area contributed by atoms with Crippen LogP contribution in [0.15, 0.2) is 66.7 Å².